The first kappa shape index (κ1) is 47.9. The molecule has 68 heavy (non-hydrogen) atoms. The summed E-state index contributed by atoms with van der Waals surface area (Å²) in [6.45, 7) is 3.34. The van der Waals surface area contributed by atoms with Gasteiger partial charge in [-0.3, -0.25) is 9.59 Å². The number of nitrogens with one attached hydrogen (secondary N) is 4. The summed E-state index contributed by atoms with van der Waals surface area (Å²) in [5.41, 5.74) is 5.69. The van der Waals surface area contributed by atoms with E-state index in [-0.39, 0.29) is 35.9 Å². The Labute approximate surface area is 394 Å². The fraction of sp³-hybridized carbons (Fsp3) is 0.451. The number of benzene rings is 3. The van der Waals surface area contributed by atoms with Gasteiger partial charge in [-0.2, -0.15) is 8.78 Å². The predicted molar refractivity (Wildman–Crippen MR) is 252 cm³/mol. The van der Waals surface area contributed by atoms with Gasteiger partial charge in [0.25, 0.3) is 0 Å². The first-order valence-corrected chi connectivity index (χ1v) is 23.4. The molecule has 1 spiro atoms. The van der Waals surface area contributed by atoms with E-state index in [1.807, 2.05) is 37.1 Å². The highest BCUT2D eigenvalue weighted by Crippen LogP contribution is 2.58. The van der Waals surface area contributed by atoms with Crippen molar-refractivity contribution in [3.63, 3.8) is 0 Å². The van der Waals surface area contributed by atoms with Gasteiger partial charge in [0, 0.05) is 18.2 Å². The summed E-state index contributed by atoms with van der Waals surface area (Å²) in [5, 5.41) is 7.40. The molecule has 3 heterocycles. The Morgan fingerprint density at radius 3 is 2.18 bits per heavy atom. The number of carbonyl (C=O) groups is 4. The van der Waals surface area contributed by atoms with Gasteiger partial charge in [-0.1, -0.05) is 87.9 Å². The van der Waals surface area contributed by atoms with Crippen molar-refractivity contribution in [2.24, 2.45) is 17.3 Å². The SMILES string of the molecule is CC[C@H]1CC[C@@H](N(Cc2ncc(-c3ccc(-c4ccc5cc(-c6cnc([C@@H]7CC8(CC8)CN7C(=O)[C@@H](NC(=O)OC)C(C)C)[nH]6)ccc5c4)cc3)[nH]2)C(=O)C(/C=C/COC(F)F)NC(=O)OC)C1. The topological polar surface area (TPSA) is 184 Å². The molecule has 4 amide bonds. The van der Waals surface area contributed by atoms with Crippen molar-refractivity contribution >= 4 is 34.8 Å². The van der Waals surface area contributed by atoms with Crippen LogP contribution in [-0.4, -0.2) is 106 Å². The van der Waals surface area contributed by atoms with Gasteiger partial charge in [0.1, 0.15) is 23.7 Å². The minimum absolute atomic E-state index is 0.0986. The van der Waals surface area contributed by atoms with Crippen molar-refractivity contribution in [3.8, 4) is 33.6 Å². The minimum atomic E-state index is -2.97. The van der Waals surface area contributed by atoms with Gasteiger partial charge in [0.2, 0.25) is 11.8 Å². The van der Waals surface area contributed by atoms with Crippen LogP contribution in [0.15, 0.2) is 85.2 Å². The molecule has 15 nitrogen and oxygen atoms in total. The lowest BCUT2D eigenvalue weighted by molar-refractivity contribution is -0.136. The Kier molecular flexibility index (Phi) is 14.6. The summed E-state index contributed by atoms with van der Waals surface area (Å²) in [5.74, 6) is 1.09. The smallest absolute Gasteiger partial charge is 0.407 e. The maximum atomic E-state index is 14.1. The number of hydrogen-bond acceptors (Lipinski definition) is 9. The molecule has 0 radical (unpaired) electrons. The van der Waals surface area contributed by atoms with Crippen LogP contribution < -0.4 is 10.6 Å². The molecule has 1 unspecified atom stereocenters. The average molecular weight is 935 g/mol. The highest BCUT2D eigenvalue weighted by molar-refractivity contribution is 5.91. The number of rotatable bonds is 17. The number of alkyl halides is 2. The highest BCUT2D eigenvalue weighted by Gasteiger charge is 2.55. The Bertz CT molecular complexity index is 2630. The molecule has 8 rings (SSSR count). The molecular weight excluding hydrogens is 875 g/mol. The number of nitrogens with zero attached hydrogens (tertiary/aromatic N) is 4. The molecule has 3 aliphatic rings. The molecule has 3 aromatic carbocycles. The highest BCUT2D eigenvalue weighted by atomic mass is 19.3. The number of imidazole rings is 2. The third kappa shape index (κ3) is 10.9. The van der Waals surface area contributed by atoms with Crippen LogP contribution in [0.5, 0.6) is 0 Å². The van der Waals surface area contributed by atoms with E-state index in [1.165, 1.54) is 26.4 Å². The van der Waals surface area contributed by atoms with E-state index < -0.39 is 43.4 Å². The zero-order valence-corrected chi connectivity index (χ0v) is 39.1. The van der Waals surface area contributed by atoms with Crippen LogP contribution in [0, 0.1) is 17.3 Å². The molecule has 5 aromatic rings. The van der Waals surface area contributed by atoms with Crippen LogP contribution in [0.2, 0.25) is 0 Å². The molecule has 3 fully saturated rings. The van der Waals surface area contributed by atoms with Crippen LogP contribution in [0.3, 0.4) is 0 Å². The maximum Gasteiger partial charge on any atom is 0.407 e. The van der Waals surface area contributed by atoms with Gasteiger partial charge in [-0.05, 0) is 95.4 Å². The molecule has 0 bridgehead atoms. The first-order valence-electron chi connectivity index (χ1n) is 23.4. The van der Waals surface area contributed by atoms with Gasteiger partial charge in [0.05, 0.1) is 57.2 Å². The van der Waals surface area contributed by atoms with Gasteiger partial charge in [-0.25, -0.2) is 19.6 Å². The number of H-pyrrole nitrogens is 2. The van der Waals surface area contributed by atoms with Gasteiger partial charge >= 0.3 is 18.8 Å². The van der Waals surface area contributed by atoms with E-state index in [9.17, 15) is 28.0 Å². The quantitative estimate of drug-likeness (QED) is 0.0661. The first-order chi connectivity index (χ1) is 32.8. The Hall–Kier alpha value is -6.62. The number of carbonyl (C=O) groups excluding carboxylic acids is 4. The van der Waals surface area contributed by atoms with Crippen molar-refractivity contribution in [2.75, 3.05) is 27.4 Å². The summed E-state index contributed by atoms with van der Waals surface area (Å²) in [6, 6.07) is 18.6. The average Bonchev–Trinajstić information content (AvgIpc) is 3.86. The number of likely N-dealkylation sites (tertiary alicyclic amines) is 1. The number of methoxy groups -OCH3 is 2. The number of aromatic nitrogens is 4. The summed E-state index contributed by atoms with van der Waals surface area (Å²) in [7, 11) is 2.48. The lowest BCUT2D eigenvalue weighted by atomic mass is 9.98. The van der Waals surface area contributed by atoms with E-state index in [2.05, 4.69) is 85.8 Å². The second-order valence-corrected chi connectivity index (χ2v) is 18.7. The van der Waals surface area contributed by atoms with E-state index in [1.54, 1.807) is 11.1 Å². The van der Waals surface area contributed by atoms with Crippen molar-refractivity contribution in [1.82, 2.24) is 40.4 Å². The van der Waals surface area contributed by atoms with E-state index in [0.717, 1.165) is 95.2 Å². The normalized spacial score (nSPS) is 19.5. The lowest BCUT2D eigenvalue weighted by Crippen LogP contribution is -2.51. The van der Waals surface area contributed by atoms with Crippen LogP contribution in [0.25, 0.3) is 44.4 Å². The molecule has 2 aromatic heterocycles. The number of ether oxygens (including phenoxy) is 3. The molecule has 360 valence electrons. The van der Waals surface area contributed by atoms with E-state index in [0.29, 0.717) is 18.3 Å². The number of hydrogen-bond donors (Lipinski definition) is 4. The molecule has 2 aliphatic carbocycles. The predicted octanol–water partition coefficient (Wildman–Crippen LogP) is 9.15. The monoisotopic (exact) mass is 934 g/mol. The molecular formula is C51H60F2N8O7. The van der Waals surface area contributed by atoms with Crippen LogP contribution in [0.4, 0.5) is 18.4 Å². The summed E-state index contributed by atoms with van der Waals surface area (Å²) < 4.78 is 39.2. The minimum Gasteiger partial charge on any atom is -0.453 e. The van der Waals surface area contributed by atoms with Crippen LogP contribution in [-0.2, 0) is 30.3 Å². The maximum absolute atomic E-state index is 14.1. The van der Waals surface area contributed by atoms with Gasteiger partial charge in [-0.15, -0.1) is 0 Å². The molecule has 4 N–H and O–H groups in total. The number of halogens is 2. The second-order valence-electron chi connectivity index (χ2n) is 18.7. The third-order valence-electron chi connectivity index (χ3n) is 13.9. The van der Waals surface area contributed by atoms with Crippen LogP contribution >= 0.6 is 0 Å². The zero-order valence-electron chi connectivity index (χ0n) is 39.1. The number of aromatic amines is 2. The van der Waals surface area contributed by atoms with Crippen molar-refractivity contribution in [1.29, 1.82) is 0 Å². The van der Waals surface area contributed by atoms with Crippen molar-refractivity contribution in [3.05, 3.63) is 96.9 Å². The summed E-state index contributed by atoms with van der Waals surface area (Å²) in [6.07, 6.45) is 11.2. The van der Waals surface area contributed by atoms with Crippen molar-refractivity contribution < 1.29 is 42.2 Å². The molecule has 1 aliphatic heterocycles. The standard InChI is InChI=1S/C51H60F2N8O7/c1-6-31-9-18-38(22-31)60(46(62)39(58-49(64)66-4)8-7-21-68-48(52)53)28-43-54-26-40(56-43)33-12-10-32(11-13-33)34-14-15-36-24-37(17-16-35(36)23-34)41-27-55-45(57-41)42-25-51(19-20-51)29-61(42)47(63)44(30(2)3)59-50(65)67-5/h7-8,10-17,23-24,26-27,30-31,38-39,42,44,48H,6,9,18-22,25,28-29H2,1-5H3,(H,54,56)(H,55,57)(H,58,64)(H,59,65)/b8-7+/t31-,38+,39?,42-,44-/m0/s1. The van der Waals surface area contributed by atoms with Crippen LogP contribution in [0.1, 0.15) is 83.4 Å². The molecule has 5 atom stereocenters. The summed E-state index contributed by atoms with van der Waals surface area (Å²) >= 11 is 0. The lowest BCUT2D eigenvalue weighted by Gasteiger charge is -2.31. The fourth-order valence-electron chi connectivity index (χ4n) is 9.75. The summed E-state index contributed by atoms with van der Waals surface area (Å²) in [4.78, 5) is 72.4. The van der Waals surface area contributed by atoms with Gasteiger partial charge < -0.3 is 44.6 Å². The Morgan fingerprint density at radius 2 is 1.51 bits per heavy atom. The largest absolute Gasteiger partial charge is 0.453 e. The third-order valence-corrected chi connectivity index (χ3v) is 13.9. The molecule has 2 saturated carbocycles. The number of amides is 4. The van der Waals surface area contributed by atoms with Gasteiger partial charge in [0.15, 0.2) is 0 Å². The zero-order chi connectivity index (χ0) is 48.1. The van der Waals surface area contributed by atoms with E-state index >= 15 is 0 Å². The Morgan fingerprint density at radius 1 is 0.868 bits per heavy atom. The molecule has 17 heteroatoms. The van der Waals surface area contributed by atoms with E-state index in [4.69, 9.17) is 14.5 Å². The second kappa shape index (κ2) is 20.7. The van der Waals surface area contributed by atoms with Crippen molar-refractivity contribution in [2.45, 2.75) is 103 Å². The fourth-order valence-corrected chi connectivity index (χ4v) is 9.75. The number of alkyl carbamates (subject to hydrolysis) is 2. The Balaban J connectivity index is 0.951. The molecule has 1 saturated heterocycles. The number of fused-ring (bicyclic) bond motifs is 1.